The first-order valence-electron chi connectivity index (χ1n) is 14.7. The topological polar surface area (TPSA) is 140 Å². The molecular formula is C31H41N7O5. The highest BCUT2D eigenvalue weighted by molar-refractivity contribution is 5.71. The van der Waals surface area contributed by atoms with Gasteiger partial charge in [0.15, 0.2) is 11.2 Å². The Bertz CT molecular complexity index is 1630. The number of aliphatic hydroxyl groups is 1. The van der Waals surface area contributed by atoms with E-state index in [1.165, 1.54) is 16.7 Å². The summed E-state index contributed by atoms with van der Waals surface area (Å²) >= 11 is 0. The second-order valence-electron chi connectivity index (χ2n) is 11.0. The molecule has 2 aromatic carbocycles. The Balaban J connectivity index is 1.79. The molecule has 0 aliphatic carbocycles. The van der Waals surface area contributed by atoms with Gasteiger partial charge in [0.1, 0.15) is 5.82 Å². The van der Waals surface area contributed by atoms with Crippen LogP contribution in [0.4, 0.5) is 5.69 Å². The van der Waals surface area contributed by atoms with Gasteiger partial charge < -0.3 is 19.9 Å². The smallest absolute Gasteiger partial charge is 0.332 e. The number of aryl methyl sites for hydroxylation is 2. The van der Waals surface area contributed by atoms with Crippen LogP contribution >= 0.6 is 0 Å². The van der Waals surface area contributed by atoms with Crippen LogP contribution in [0.1, 0.15) is 36.7 Å². The van der Waals surface area contributed by atoms with E-state index in [9.17, 15) is 24.8 Å². The largest absolute Gasteiger partial charge is 0.392 e. The Labute approximate surface area is 250 Å². The third-order valence-electron chi connectivity index (χ3n) is 7.52. The third-order valence-corrected chi connectivity index (χ3v) is 7.52. The summed E-state index contributed by atoms with van der Waals surface area (Å²) in [6.07, 6.45) is 1.71. The van der Waals surface area contributed by atoms with Crippen molar-refractivity contribution in [3.05, 3.63) is 103 Å². The predicted octanol–water partition coefficient (Wildman–Crippen LogP) is 2.41. The highest BCUT2D eigenvalue weighted by Crippen LogP contribution is 2.17. The molecule has 0 spiro atoms. The second kappa shape index (κ2) is 14.9. The van der Waals surface area contributed by atoms with Crippen LogP contribution in [0.25, 0.3) is 11.2 Å². The molecular weight excluding hydrogens is 550 g/mol. The van der Waals surface area contributed by atoms with Crippen LogP contribution in [0.3, 0.4) is 0 Å². The molecule has 0 bridgehead atoms. The number of benzene rings is 2. The van der Waals surface area contributed by atoms with Gasteiger partial charge in [-0.25, -0.2) is 9.78 Å². The molecule has 230 valence electrons. The minimum Gasteiger partial charge on any atom is -0.392 e. The second-order valence-corrected chi connectivity index (χ2v) is 11.0. The van der Waals surface area contributed by atoms with E-state index in [2.05, 4.69) is 5.32 Å². The lowest BCUT2D eigenvalue weighted by Gasteiger charge is -2.15. The maximum Gasteiger partial charge on any atom is 0.332 e. The van der Waals surface area contributed by atoms with Crippen molar-refractivity contribution in [2.75, 3.05) is 33.7 Å². The maximum atomic E-state index is 14.0. The molecule has 4 rings (SSSR count). The van der Waals surface area contributed by atoms with Crippen LogP contribution in [0.2, 0.25) is 0 Å². The number of nitro groups is 1. The van der Waals surface area contributed by atoms with Crippen molar-refractivity contribution in [3.8, 4) is 0 Å². The Morgan fingerprint density at radius 2 is 1.70 bits per heavy atom. The number of rotatable bonds is 16. The Morgan fingerprint density at radius 1 is 0.977 bits per heavy atom. The first-order valence-corrected chi connectivity index (χ1v) is 14.7. The minimum atomic E-state index is -0.457. The summed E-state index contributed by atoms with van der Waals surface area (Å²) < 4.78 is 4.77. The lowest BCUT2D eigenvalue weighted by atomic mass is 10.1. The average Bonchev–Trinajstić information content (AvgIpc) is 3.34. The molecule has 2 aromatic heterocycles. The van der Waals surface area contributed by atoms with Crippen molar-refractivity contribution >= 4 is 16.9 Å². The van der Waals surface area contributed by atoms with Crippen molar-refractivity contribution < 1.29 is 10.0 Å². The molecule has 43 heavy (non-hydrogen) atoms. The summed E-state index contributed by atoms with van der Waals surface area (Å²) in [7, 11) is 3.89. The predicted molar refractivity (Wildman–Crippen MR) is 167 cm³/mol. The van der Waals surface area contributed by atoms with Crippen LogP contribution in [-0.2, 0) is 32.5 Å². The van der Waals surface area contributed by atoms with E-state index in [0.29, 0.717) is 62.3 Å². The van der Waals surface area contributed by atoms with Gasteiger partial charge in [0, 0.05) is 51.3 Å². The van der Waals surface area contributed by atoms with Crippen LogP contribution in [0, 0.1) is 10.1 Å². The molecule has 0 fully saturated rings. The lowest BCUT2D eigenvalue weighted by molar-refractivity contribution is -0.384. The van der Waals surface area contributed by atoms with Crippen molar-refractivity contribution in [1.29, 1.82) is 0 Å². The molecule has 0 radical (unpaired) electrons. The molecule has 0 saturated carbocycles. The molecule has 4 aromatic rings. The van der Waals surface area contributed by atoms with Crippen LogP contribution in [0.15, 0.2) is 64.2 Å². The summed E-state index contributed by atoms with van der Waals surface area (Å²) in [5.41, 5.74) is 1.78. The van der Waals surface area contributed by atoms with E-state index < -0.39 is 16.7 Å². The van der Waals surface area contributed by atoms with Gasteiger partial charge in [-0.1, -0.05) is 49.4 Å². The fraction of sp³-hybridized carbons (Fsp3) is 0.452. The van der Waals surface area contributed by atoms with Gasteiger partial charge >= 0.3 is 5.69 Å². The minimum absolute atomic E-state index is 0.00195. The quantitative estimate of drug-likeness (QED) is 0.115. The lowest BCUT2D eigenvalue weighted by Crippen LogP contribution is -2.41. The summed E-state index contributed by atoms with van der Waals surface area (Å²) in [4.78, 5) is 45.4. The van der Waals surface area contributed by atoms with Crippen LogP contribution in [-0.4, -0.2) is 73.4 Å². The number of fused-ring (bicyclic) bond motifs is 1. The van der Waals surface area contributed by atoms with Gasteiger partial charge in [-0.3, -0.25) is 24.0 Å². The molecule has 2 heterocycles. The SMILES string of the molecule is CCC(O)CNCCn1c(Cc2ccccc2)nc2c1c(=O)n(CCCN(C)C)c(=O)n2CCc1ccc([N+](=O)[O-])cc1. The van der Waals surface area contributed by atoms with Gasteiger partial charge in [0.25, 0.3) is 11.2 Å². The van der Waals surface area contributed by atoms with E-state index in [1.807, 2.05) is 60.8 Å². The van der Waals surface area contributed by atoms with Crippen LogP contribution in [0.5, 0.6) is 0 Å². The highest BCUT2D eigenvalue weighted by Gasteiger charge is 2.22. The van der Waals surface area contributed by atoms with E-state index in [1.54, 1.807) is 16.7 Å². The Morgan fingerprint density at radius 3 is 2.35 bits per heavy atom. The van der Waals surface area contributed by atoms with E-state index >= 15 is 0 Å². The molecule has 1 atom stereocenters. The average molecular weight is 592 g/mol. The Kier molecular flexibility index (Phi) is 11.0. The number of nitro benzene ring substituents is 1. The number of aromatic nitrogens is 4. The van der Waals surface area contributed by atoms with E-state index in [0.717, 1.165) is 17.7 Å². The molecule has 0 saturated heterocycles. The third kappa shape index (κ3) is 8.04. The monoisotopic (exact) mass is 591 g/mol. The molecule has 0 aliphatic rings. The normalized spacial score (nSPS) is 12.3. The van der Waals surface area contributed by atoms with Crippen molar-refractivity contribution in [2.24, 2.45) is 0 Å². The van der Waals surface area contributed by atoms with Gasteiger partial charge in [-0.05, 0) is 51.0 Å². The number of hydrogen-bond donors (Lipinski definition) is 2. The molecule has 0 aliphatic heterocycles. The Hall–Kier alpha value is -4.13. The molecule has 0 amide bonds. The summed E-state index contributed by atoms with van der Waals surface area (Å²) in [6.45, 7) is 4.53. The van der Waals surface area contributed by atoms with Crippen molar-refractivity contribution in [1.82, 2.24) is 28.9 Å². The maximum absolute atomic E-state index is 14.0. The number of hydrogen-bond acceptors (Lipinski definition) is 8. The van der Waals surface area contributed by atoms with Gasteiger partial charge in [-0.2, -0.15) is 0 Å². The van der Waals surface area contributed by atoms with Crippen molar-refractivity contribution in [3.63, 3.8) is 0 Å². The summed E-state index contributed by atoms with van der Waals surface area (Å²) in [6, 6.07) is 16.1. The molecule has 2 N–H and O–H groups in total. The fourth-order valence-corrected chi connectivity index (χ4v) is 5.06. The number of non-ortho nitro benzene ring substituents is 1. The zero-order valence-corrected chi connectivity index (χ0v) is 25.1. The summed E-state index contributed by atoms with van der Waals surface area (Å²) in [5, 5.41) is 24.3. The molecule has 12 nitrogen and oxygen atoms in total. The van der Waals surface area contributed by atoms with Gasteiger partial charge in [0.2, 0.25) is 0 Å². The summed E-state index contributed by atoms with van der Waals surface area (Å²) in [5.74, 6) is 0.672. The fourth-order valence-electron chi connectivity index (χ4n) is 5.06. The highest BCUT2D eigenvalue weighted by atomic mass is 16.6. The zero-order chi connectivity index (χ0) is 30.9. The molecule has 1 unspecified atom stereocenters. The first kappa shape index (κ1) is 31.8. The van der Waals surface area contributed by atoms with Crippen molar-refractivity contribution in [2.45, 2.75) is 58.3 Å². The standard InChI is InChI=1S/C31H41N7O5/c1-4-26(39)22-32-16-20-35-27(21-24-9-6-5-7-10-24)33-29-28(35)30(40)37(18-8-17-34(2)3)31(41)36(29)19-15-23-11-13-25(14-12-23)38(42)43/h5-7,9-14,26,32,39H,4,8,15-22H2,1-3H3. The van der Waals surface area contributed by atoms with Gasteiger partial charge in [0.05, 0.1) is 11.0 Å². The number of nitrogens with one attached hydrogen (secondary N) is 1. The number of nitrogens with zero attached hydrogens (tertiary/aromatic N) is 6. The molecule has 12 heteroatoms. The van der Waals surface area contributed by atoms with Crippen LogP contribution < -0.4 is 16.6 Å². The first-order chi connectivity index (χ1) is 20.7. The van der Waals surface area contributed by atoms with Gasteiger partial charge in [-0.15, -0.1) is 0 Å². The van der Waals surface area contributed by atoms with E-state index in [-0.39, 0.29) is 24.3 Å². The zero-order valence-electron chi connectivity index (χ0n) is 25.1. The number of aliphatic hydroxyl groups excluding tert-OH is 1. The number of imidazole rings is 1. The van der Waals surface area contributed by atoms with E-state index in [4.69, 9.17) is 4.98 Å².